The molecule has 1 aliphatic rings. The Balaban J connectivity index is 1.87. The molecule has 2 aromatic rings. The van der Waals surface area contributed by atoms with Gasteiger partial charge in [-0.2, -0.15) is 0 Å². The second-order valence-corrected chi connectivity index (χ2v) is 6.06. The zero-order chi connectivity index (χ0) is 15.0. The molecule has 0 fully saturated rings. The summed E-state index contributed by atoms with van der Waals surface area (Å²) in [6.45, 7) is 2.14. The van der Waals surface area contributed by atoms with Crippen LogP contribution >= 0.6 is 0 Å². The van der Waals surface area contributed by atoms with Crippen molar-refractivity contribution in [3.05, 3.63) is 59.2 Å². The monoisotopic (exact) mass is 281 g/mol. The van der Waals surface area contributed by atoms with E-state index < -0.39 is 0 Å². The number of rotatable bonds is 3. The van der Waals surface area contributed by atoms with Crippen LogP contribution in [-0.2, 0) is 0 Å². The predicted molar refractivity (Wildman–Crippen MR) is 89.9 cm³/mol. The largest absolute Gasteiger partial charge is 0.378 e. The van der Waals surface area contributed by atoms with Crippen molar-refractivity contribution in [1.82, 2.24) is 0 Å². The summed E-state index contributed by atoms with van der Waals surface area (Å²) < 4.78 is 0. The third-order valence-electron chi connectivity index (χ3n) is 4.29. The second-order valence-electron chi connectivity index (χ2n) is 6.06. The third-order valence-corrected chi connectivity index (χ3v) is 4.29. The Morgan fingerprint density at radius 3 is 2.52 bits per heavy atom. The Morgan fingerprint density at radius 1 is 1.10 bits per heavy atom. The molecule has 0 radical (unpaired) electrons. The molecule has 21 heavy (non-hydrogen) atoms. The number of benzene rings is 2. The number of anilines is 2. The molecule has 3 rings (SSSR count). The Kier molecular flexibility index (Phi) is 3.60. The Bertz CT molecular complexity index is 649. The molecule has 0 aliphatic heterocycles. The minimum absolute atomic E-state index is 0.137. The van der Waals surface area contributed by atoms with Gasteiger partial charge >= 0.3 is 0 Å². The third kappa shape index (κ3) is 2.61. The zero-order valence-corrected chi connectivity index (χ0v) is 12.9. The molecule has 3 N–H and O–H groups in total. The number of hydrogen-bond donors (Lipinski definition) is 2. The normalized spacial score (nSPS) is 20.2. The van der Waals surface area contributed by atoms with E-state index in [-0.39, 0.29) is 6.04 Å². The van der Waals surface area contributed by atoms with Gasteiger partial charge in [-0.1, -0.05) is 30.3 Å². The fraction of sp³-hybridized carbons (Fsp3) is 0.333. The molecule has 2 unspecified atom stereocenters. The summed E-state index contributed by atoms with van der Waals surface area (Å²) >= 11 is 0. The van der Waals surface area contributed by atoms with E-state index in [0.29, 0.717) is 6.04 Å². The molecule has 3 nitrogen and oxygen atoms in total. The van der Waals surface area contributed by atoms with Crippen molar-refractivity contribution in [3.8, 4) is 0 Å². The van der Waals surface area contributed by atoms with Crippen LogP contribution in [0.2, 0.25) is 0 Å². The molecular formula is C18H23N3. The van der Waals surface area contributed by atoms with Crippen LogP contribution in [-0.4, -0.2) is 14.1 Å². The number of hydrogen-bond acceptors (Lipinski definition) is 3. The van der Waals surface area contributed by atoms with Crippen LogP contribution in [0.25, 0.3) is 0 Å². The van der Waals surface area contributed by atoms with Crippen LogP contribution in [0.15, 0.2) is 42.5 Å². The summed E-state index contributed by atoms with van der Waals surface area (Å²) in [4.78, 5) is 2.15. The lowest BCUT2D eigenvalue weighted by molar-refractivity contribution is 0.648. The molecule has 0 bridgehead atoms. The summed E-state index contributed by atoms with van der Waals surface area (Å²) in [6.07, 6.45) is 0.949. The summed E-state index contributed by atoms with van der Waals surface area (Å²) in [5.41, 5.74) is 12.5. The van der Waals surface area contributed by atoms with Gasteiger partial charge < -0.3 is 16.0 Å². The topological polar surface area (TPSA) is 41.3 Å². The van der Waals surface area contributed by atoms with Gasteiger partial charge in [-0.05, 0) is 42.2 Å². The molecule has 0 saturated carbocycles. The number of nitrogens with one attached hydrogen (secondary N) is 1. The average Bonchev–Trinajstić information content (AvgIpc) is 2.78. The van der Waals surface area contributed by atoms with Gasteiger partial charge in [0.2, 0.25) is 0 Å². The van der Waals surface area contributed by atoms with Gasteiger partial charge in [-0.3, -0.25) is 0 Å². The molecule has 2 aromatic carbocycles. The van der Waals surface area contributed by atoms with Crippen LogP contribution in [0.1, 0.15) is 35.2 Å². The Hall–Kier alpha value is -2.00. The van der Waals surface area contributed by atoms with Gasteiger partial charge in [0.25, 0.3) is 0 Å². The summed E-state index contributed by atoms with van der Waals surface area (Å²) in [7, 11) is 4.15. The quantitative estimate of drug-likeness (QED) is 0.903. The summed E-state index contributed by atoms with van der Waals surface area (Å²) in [6, 6.07) is 15.4. The number of fused-ring (bicyclic) bond motifs is 1. The van der Waals surface area contributed by atoms with Crippen molar-refractivity contribution in [2.24, 2.45) is 5.73 Å². The first kappa shape index (κ1) is 14.0. The van der Waals surface area contributed by atoms with Gasteiger partial charge in [0.1, 0.15) is 0 Å². The van der Waals surface area contributed by atoms with Gasteiger partial charge in [-0.15, -0.1) is 0 Å². The van der Waals surface area contributed by atoms with Gasteiger partial charge in [0, 0.05) is 31.5 Å². The molecule has 0 amide bonds. The first-order valence-electron chi connectivity index (χ1n) is 7.45. The first-order valence-corrected chi connectivity index (χ1v) is 7.45. The van der Waals surface area contributed by atoms with E-state index in [9.17, 15) is 0 Å². The molecular weight excluding hydrogens is 258 g/mol. The Labute approximate surface area is 126 Å². The van der Waals surface area contributed by atoms with Crippen LogP contribution in [0.4, 0.5) is 11.4 Å². The smallest absolute Gasteiger partial charge is 0.0535 e. The Morgan fingerprint density at radius 2 is 1.81 bits per heavy atom. The van der Waals surface area contributed by atoms with Crippen molar-refractivity contribution in [2.45, 2.75) is 25.4 Å². The van der Waals surface area contributed by atoms with Gasteiger partial charge in [-0.25, -0.2) is 0 Å². The van der Waals surface area contributed by atoms with Crippen molar-refractivity contribution < 1.29 is 0 Å². The van der Waals surface area contributed by atoms with Crippen LogP contribution in [0.5, 0.6) is 0 Å². The zero-order valence-electron chi connectivity index (χ0n) is 12.9. The summed E-state index contributed by atoms with van der Waals surface area (Å²) in [5, 5.41) is 3.64. The average molecular weight is 281 g/mol. The maximum absolute atomic E-state index is 6.24. The van der Waals surface area contributed by atoms with Crippen LogP contribution < -0.4 is 16.0 Å². The van der Waals surface area contributed by atoms with E-state index >= 15 is 0 Å². The maximum atomic E-state index is 6.24. The lowest BCUT2D eigenvalue weighted by atomic mass is 10.1. The van der Waals surface area contributed by atoms with Crippen molar-refractivity contribution in [1.29, 1.82) is 0 Å². The standard InChI is InChI=1S/C18H23N3/c1-12-8-9-13(10-18(12)21(2)3)20-17-11-16(19)14-6-4-5-7-15(14)17/h4-10,16-17,20H,11,19H2,1-3H3. The molecule has 0 aromatic heterocycles. The number of nitrogens with zero attached hydrogens (tertiary/aromatic N) is 1. The maximum Gasteiger partial charge on any atom is 0.0535 e. The van der Waals surface area contributed by atoms with E-state index in [1.54, 1.807) is 0 Å². The van der Waals surface area contributed by atoms with Gasteiger partial charge in [0.05, 0.1) is 6.04 Å². The molecule has 2 atom stereocenters. The highest BCUT2D eigenvalue weighted by Crippen LogP contribution is 2.39. The first-order chi connectivity index (χ1) is 10.1. The van der Waals surface area contributed by atoms with Gasteiger partial charge in [0.15, 0.2) is 0 Å². The SMILES string of the molecule is Cc1ccc(NC2CC(N)c3ccccc32)cc1N(C)C. The molecule has 3 heteroatoms. The minimum atomic E-state index is 0.137. The van der Waals surface area contributed by atoms with E-state index in [0.717, 1.165) is 12.1 Å². The minimum Gasteiger partial charge on any atom is -0.378 e. The lowest BCUT2D eigenvalue weighted by Gasteiger charge is -2.20. The van der Waals surface area contributed by atoms with E-state index in [1.807, 2.05) is 0 Å². The van der Waals surface area contributed by atoms with E-state index in [4.69, 9.17) is 5.73 Å². The highest BCUT2D eigenvalue weighted by molar-refractivity contribution is 5.62. The molecule has 110 valence electrons. The molecule has 0 heterocycles. The number of nitrogens with two attached hydrogens (primary N) is 1. The van der Waals surface area contributed by atoms with Crippen LogP contribution in [0, 0.1) is 6.92 Å². The van der Waals surface area contributed by atoms with Crippen LogP contribution in [0.3, 0.4) is 0 Å². The van der Waals surface area contributed by atoms with Crippen molar-refractivity contribution >= 4 is 11.4 Å². The van der Waals surface area contributed by atoms with E-state index in [1.165, 1.54) is 22.4 Å². The van der Waals surface area contributed by atoms with Crippen molar-refractivity contribution in [3.63, 3.8) is 0 Å². The number of aryl methyl sites for hydroxylation is 1. The second kappa shape index (κ2) is 5.41. The fourth-order valence-corrected chi connectivity index (χ4v) is 3.19. The molecule has 0 spiro atoms. The molecule has 0 saturated heterocycles. The lowest BCUT2D eigenvalue weighted by Crippen LogP contribution is -2.13. The summed E-state index contributed by atoms with van der Waals surface area (Å²) in [5.74, 6) is 0. The highest BCUT2D eigenvalue weighted by atomic mass is 15.1. The molecule has 1 aliphatic carbocycles. The van der Waals surface area contributed by atoms with E-state index in [2.05, 4.69) is 73.7 Å². The van der Waals surface area contributed by atoms with Crippen molar-refractivity contribution in [2.75, 3.05) is 24.3 Å². The predicted octanol–water partition coefficient (Wildman–Crippen LogP) is 3.62. The fourth-order valence-electron chi connectivity index (χ4n) is 3.19. The highest BCUT2D eigenvalue weighted by Gasteiger charge is 2.28.